The normalized spacial score (nSPS) is 20.5. The Hall–Kier alpha value is -1.77. The minimum absolute atomic E-state index is 0.228. The van der Waals surface area contributed by atoms with Crippen LogP contribution in [-0.4, -0.2) is 23.7 Å². The summed E-state index contributed by atoms with van der Waals surface area (Å²) in [4.78, 5) is 13.4. The van der Waals surface area contributed by atoms with Gasteiger partial charge in [0.15, 0.2) is 0 Å². The van der Waals surface area contributed by atoms with Crippen LogP contribution in [0.4, 0.5) is 5.69 Å². The third kappa shape index (κ3) is 2.05. The molecule has 0 fully saturated rings. The zero-order valence-electron chi connectivity index (χ0n) is 9.97. The number of benzene rings is 1. The summed E-state index contributed by atoms with van der Waals surface area (Å²) in [5, 5.41) is 9.23. The highest BCUT2D eigenvalue weighted by Gasteiger charge is 2.30. The van der Waals surface area contributed by atoms with E-state index in [0.29, 0.717) is 6.42 Å². The molecule has 2 unspecified atom stereocenters. The Morgan fingerprint density at radius 3 is 2.94 bits per heavy atom. The Morgan fingerprint density at radius 2 is 2.29 bits per heavy atom. The Labute approximate surface area is 101 Å². The molecule has 0 radical (unpaired) electrons. The van der Waals surface area contributed by atoms with Crippen LogP contribution in [0.25, 0.3) is 0 Å². The van der Waals surface area contributed by atoms with Crippen LogP contribution >= 0.6 is 0 Å². The zero-order chi connectivity index (χ0) is 12.4. The molecule has 0 aliphatic carbocycles. The summed E-state index contributed by atoms with van der Waals surface area (Å²) < 4.78 is 0. The summed E-state index contributed by atoms with van der Waals surface area (Å²) >= 11 is 0. The molecule has 3 nitrogen and oxygen atoms in total. The fourth-order valence-corrected chi connectivity index (χ4v) is 2.39. The van der Waals surface area contributed by atoms with E-state index in [-0.39, 0.29) is 12.0 Å². The van der Waals surface area contributed by atoms with E-state index < -0.39 is 5.97 Å². The summed E-state index contributed by atoms with van der Waals surface area (Å²) in [5.41, 5.74) is 1.94. The SMILES string of the molecule is C=CC(C)N1CCC(C(=O)O)c2ccccc21. The predicted molar refractivity (Wildman–Crippen MR) is 68.4 cm³/mol. The average Bonchev–Trinajstić information content (AvgIpc) is 2.36. The minimum atomic E-state index is -0.733. The van der Waals surface area contributed by atoms with Crippen molar-refractivity contribution >= 4 is 11.7 Å². The molecule has 17 heavy (non-hydrogen) atoms. The highest BCUT2D eigenvalue weighted by Crippen LogP contribution is 2.36. The summed E-state index contributed by atoms with van der Waals surface area (Å²) in [6.45, 7) is 6.64. The van der Waals surface area contributed by atoms with E-state index in [2.05, 4.69) is 18.4 Å². The maximum absolute atomic E-state index is 11.2. The van der Waals surface area contributed by atoms with Crippen molar-refractivity contribution < 1.29 is 9.90 Å². The van der Waals surface area contributed by atoms with Gasteiger partial charge in [0.2, 0.25) is 0 Å². The molecule has 1 aliphatic rings. The molecule has 2 rings (SSSR count). The molecule has 2 atom stereocenters. The molecule has 0 spiro atoms. The van der Waals surface area contributed by atoms with Gasteiger partial charge >= 0.3 is 5.97 Å². The summed E-state index contributed by atoms with van der Waals surface area (Å²) in [6.07, 6.45) is 2.54. The highest BCUT2D eigenvalue weighted by atomic mass is 16.4. The number of carboxylic acid groups (broad SMARTS) is 1. The fourth-order valence-electron chi connectivity index (χ4n) is 2.39. The molecule has 0 saturated heterocycles. The van der Waals surface area contributed by atoms with Crippen molar-refractivity contribution in [3.8, 4) is 0 Å². The number of carbonyl (C=O) groups is 1. The molecule has 0 aromatic heterocycles. The highest BCUT2D eigenvalue weighted by molar-refractivity contribution is 5.80. The maximum atomic E-state index is 11.2. The van der Waals surface area contributed by atoms with Crippen LogP contribution in [-0.2, 0) is 4.79 Å². The molecule has 1 heterocycles. The third-order valence-corrected chi connectivity index (χ3v) is 3.41. The lowest BCUT2D eigenvalue weighted by Crippen LogP contribution is -2.38. The van der Waals surface area contributed by atoms with Crippen molar-refractivity contribution in [2.45, 2.75) is 25.3 Å². The van der Waals surface area contributed by atoms with Gasteiger partial charge in [0, 0.05) is 18.3 Å². The van der Waals surface area contributed by atoms with E-state index in [9.17, 15) is 9.90 Å². The molecule has 1 N–H and O–H groups in total. The van der Waals surface area contributed by atoms with Crippen LogP contribution in [0.15, 0.2) is 36.9 Å². The fraction of sp³-hybridized carbons (Fsp3) is 0.357. The van der Waals surface area contributed by atoms with Crippen LogP contribution in [0.2, 0.25) is 0 Å². The number of nitrogens with zero attached hydrogens (tertiary/aromatic N) is 1. The predicted octanol–water partition coefficient (Wildman–Crippen LogP) is 2.64. The number of hydrogen-bond donors (Lipinski definition) is 1. The van der Waals surface area contributed by atoms with Gasteiger partial charge in [0.05, 0.1) is 5.92 Å². The topological polar surface area (TPSA) is 40.5 Å². The Morgan fingerprint density at radius 1 is 1.59 bits per heavy atom. The lowest BCUT2D eigenvalue weighted by atomic mass is 9.89. The van der Waals surface area contributed by atoms with Crippen molar-refractivity contribution in [1.29, 1.82) is 0 Å². The van der Waals surface area contributed by atoms with Crippen LogP contribution < -0.4 is 4.90 Å². The number of fused-ring (bicyclic) bond motifs is 1. The first-order chi connectivity index (χ1) is 8.15. The molecule has 1 aromatic carbocycles. The van der Waals surface area contributed by atoms with Crippen LogP contribution in [0.5, 0.6) is 0 Å². The Bertz CT molecular complexity index is 442. The summed E-state index contributed by atoms with van der Waals surface area (Å²) in [7, 11) is 0. The monoisotopic (exact) mass is 231 g/mol. The third-order valence-electron chi connectivity index (χ3n) is 3.41. The molecule has 1 aliphatic heterocycles. The average molecular weight is 231 g/mol. The second kappa shape index (κ2) is 4.62. The largest absolute Gasteiger partial charge is 0.481 e. The van der Waals surface area contributed by atoms with E-state index in [1.54, 1.807) is 0 Å². The van der Waals surface area contributed by atoms with E-state index in [1.165, 1.54) is 0 Å². The van der Waals surface area contributed by atoms with Crippen molar-refractivity contribution in [3.63, 3.8) is 0 Å². The Balaban J connectivity index is 2.43. The number of para-hydroxylation sites is 1. The Kier molecular flexibility index (Phi) is 3.18. The van der Waals surface area contributed by atoms with Crippen molar-refractivity contribution in [2.24, 2.45) is 0 Å². The van der Waals surface area contributed by atoms with E-state index >= 15 is 0 Å². The van der Waals surface area contributed by atoms with Crippen LogP contribution in [0.3, 0.4) is 0 Å². The molecule has 0 amide bonds. The second-order valence-electron chi connectivity index (χ2n) is 4.41. The number of carboxylic acids is 1. The quantitative estimate of drug-likeness (QED) is 0.813. The first-order valence-electron chi connectivity index (χ1n) is 5.86. The van der Waals surface area contributed by atoms with Gasteiger partial charge in [-0.15, -0.1) is 6.58 Å². The van der Waals surface area contributed by atoms with E-state index in [1.807, 2.05) is 30.3 Å². The lowest BCUT2D eigenvalue weighted by Gasteiger charge is -2.37. The lowest BCUT2D eigenvalue weighted by molar-refractivity contribution is -0.139. The number of rotatable bonds is 3. The summed E-state index contributed by atoms with van der Waals surface area (Å²) in [5.74, 6) is -1.11. The zero-order valence-corrected chi connectivity index (χ0v) is 9.97. The molecular formula is C14H17NO2. The standard InChI is InChI=1S/C14H17NO2/c1-3-10(2)15-9-8-12(14(16)17)11-6-4-5-7-13(11)15/h3-7,10,12H,1,8-9H2,2H3,(H,16,17). The van der Waals surface area contributed by atoms with Gasteiger partial charge in [-0.3, -0.25) is 4.79 Å². The van der Waals surface area contributed by atoms with E-state index in [0.717, 1.165) is 17.8 Å². The first-order valence-corrected chi connectivity index (χ1v) is 5.86. The van der Waals surface area contributed by atoms with Crippen LogP contribution in [0.1, 0.15) is 24.8 Å². The molecule has 0 bridgehead atoms. The molecule has 1 aromatic rings. The van der Waals surface area contributed by atoms with Crippen molar-refractivity contribution in [2.75, 3.05) is 11.4 Å². The van der Waals surface area contributed by atoms with Gasteiger partial charge in [-0.25, -0.2) is 0 Å². The number of anilines is 1. The molecule has 0 saturated carbocycles. The van der Waals surface area contributed by atoms with Gasteiger partial charge in [-0.1, -0.05) is 24.3 Å². The smallest absolute Gasteiger partial charge is 0.311 e. The van der Waals surface area contributed by atoms with Gasteiger partial charge in [0.25, 0.3) is 0 Å². The van der Waals surface area contributed by atoms with Crippen molar-refractivity contribution in [3.05, 3.63) is 42.5 Å². The van der Waals surface area contributed by atoms with Gasteiger partial charge in [0.1, 0.15) is 0 Å². The molecular weight excluding hydrogens is 214 g/mol. The number of aliphatic carboxylic acids is 1. The van der Waals surface area contributed by atoms with E-state index in [4.69, 9.17) is 0 Å². The first kappa shape index (κ1) is 11.7. The number of hydrogen-bond acceptors (Lipinski definition) is 2. The van der Waals surface area contributed by atoms with Gasteiger partial charge < -0.3 is 10.0 Å². The molecule has 90 valence electrons. The van der Waals surface area contributed by atoms with Gasteiger partial charge in [-0.2, -0.15) is 0 Å². The second-order valence-corrected chi connectivity index (χ2v) is 4.41. The maximum Gasteiger partial charge on any atom is 0.311 e. The minimum Gasteiger partial charge on any atom is -0.481 e. The summed E-state index contributed by atoms with van der Waals surface area (Å²) in [6, 6.07) is 7.98. The molecule has 3 heteroatoms. The van der Waals surface area contributed by atoms with Gasteiger partial charge in [-0.05, 0) is 25.0 Å². The van der Waals surface area contributed by atoms with Crippen LogP contribution in [0, 0.1) is 0 Å². The van der Waals surface area contributed by atoms with Crippen molar-refractivity contribution in [1.82, 2.24) is 0 Å².